The van der Waals surface area contributed by atoms with Crippen molar-refractivity contribution < 1.29 is 4.79 Å². The number of carbonyl (C=O) groups is 1. The number of nitrogens with zero attached hydrogens (tertiary/aromatic N) is 1. The number of hydrogen-bond donors (Lipinski definition) is 1. The molecule has 0 spiro atoms. The van der Waals surface area contributed by atoms with Gasteiger partial charge in [0.2, 0.25) is 5.91 Å². The molecule has 0 radical (unpaired) electrons. The number of halogens is 1. The fraction of sp³-hybridized carbons (Fsp3) is 0.381. The normalized spacial score (nSPS) is 15.9. The first-order chi connectivity index (χ1) is 12.2. The molecule has 0 bridgehead atoms. The third kappa shape index (κ3) is 5.87. The highest BCUT2D eigenvalue weighted by molar-refractivity contribution is 6.30. The number of likely N-dealkylation sites (tertiary alicyclic amines) is 1. The van der Waals surface area contributed by atoms with Crippen molar-refractivity contribution in [1.82, 2.24) is 10.2 Å². The lowest BCUT2D eigenvalue weighted by atomic mass is 9.96. The van der Waals surface area contributed by atoms with Crippen LogP contribution < -0.4 is 5.32 Å². The number of amides is 1. The zero-order valence-corrected chi connectivity index (χ0v) is 15.2. The number of benzene rings is 2. The van der Waals surface area contributed by atoms with E-state index in [1.807, 2.05) is 24.3 Å². The first kappa shape index (κ1) is 18.0. The third-order valence-electron chi connectivity index (χ3n) is 4.80. The highest BCUT2D eigenvalue weighted by atomic mass is 35.5. The Labute approximate surface area is 155 Å². The predicted octanol–water partition coefficient (Wildman–Crippen LogP) is 3.91. The molecule has 0 aromatic heterocycles. The monoisotopic (exact) mass is 356 g/mol. The lowest BCUT2D eigenvalue weighted by Gasteiger charge is -2.32. The molecule has 2 aromatic carbocycles. The molecule has 132 valence electrons. The summed E-state index contributed by atoms with van der Waals surface area (Å²) in [6, 6.07) is 18.1. The lowest BCUT2D eigenvalue weighted by molar-refractivity contribution is -0.120. The van der Waals surface area contributed by atoms with Gasteiger partial charge >= 0.3 is 0 Å². The fourth-order valence-electron chi connectivity index (χ4n) is 3.34. The lowest BCUT2D eigenvalue weighted by Crippen LogP contribution is -2.38. The molecule has 2 aromatic rings. The van der Waals surface area contributed by atoms with Crippen molar-refractivity contribution in [3.8, 4) is 0 Å². The van der Waals surface area contributed by atoms with Gasteiger partial charge < -0.3 is 5.32 Å². The van der Waals surface area contributed by atoms with Crippen LogP contribution in [0, 0.1) is 5.92 Å². The summed E-state index contributed by atoms with van der Waals surface area (Å²) < 4.78 is 0. The van der Waals surface area contributed by atoms with Crippen molar-refractivity contribution in [3.63, 3.8) is 0 Å². The molecule has 3 nitrogen and oxygen atoms in total. The Morgan fingerprint density at radius 1 is 1.04 bits per heavy atom. The minimum atomic E-state index is 0.0778. The second-order valence-electron chi connectivity index (χ2n) is 6.82. The topological polar surface area (TPSA) is 32.3 Å². The molecule has 0 aliphatic carbocycles. The molecular formula is C21H25ClN2O. The first-order valence-electron chi connectivity index (χ1n) is 8.96. The van der Waals surface area contributed by atoms with Gasteiger partial charge in [-0.15, -0.1) is 0 Å². The van der Waals surface area contributed by atoms with E-state index in [1.54, 1.807) is 0 Å². The Morgan fingerprint density at radius 2 is 1.76 bits per heavy atom. The van der Waals surface area contributed by atoms with E-state index in [9.17, 15) is 4.79 Å². The standard InChI is InChI=1S/C21H25ClN2O/c22-20-8-4-7-19(13-20)14-21(25)23-15-17-9-11-24(12-10-17)16-18-5-2-1-3-6-18/h1-8,13,17H,9-12,14-16H2,(H,23,25). The summed E-state index contributed by atoms with van der Waals surface area (Å²) in [6.07, 6.45) is 2.68. The van der Waals surface area contributed by atoms with Crippen LogP contribution in [0.5, 0.6) is 0 Å². The summed E-state index contributed by atoms with van der Waals surface area (Å²) in [7, 11) is 0. The van der Waals surface area contributed by atoms with Gasteiger partial charge in [0.05, 0.1) is 6.42 Å². The molecule has 0 saturated carbocycles. The summed E-state index contributed by atoms with van der Waals surface area (Å²) in [5.41, 5.74) is 2.33. The molecule has 0 atom stereocenters. The van der Waals surface area contributed by atoms with Gasteiger partial charge in [-0.25, -0.2) is 0 Å². The maximum Gasteiger partial charge on any atom is 0.224 e. The second-order valence-corrected chi connectivity index (χ2v) is 7.25. The highest BCUT2D eigenvalue weighted by Gasteiger charge is 2.19. The molecule has 1 heterocycles. The maximum absolute atomic E-state index is 12.1. The predicted molar refractivity (Wildman–Crippen MR) is 103 cm³/mol. The summed E-state index contributed by atoms with van der Waals surface area (Å²) in [5, 5.41) is 3.76. The Kier molecular flexibility index (Phi) is 6.48. The smallest absolute Gasteiger partial charge is 0.224 e. The van der Waals surface area contributed by atoms with Gasteiger partial charge in [0.15, 0.2) is 0 Å². The van der Waals surface area contributed by atoms with Gasteiger partial charge in [-0.1, -0.05) is 54.1 Å². The highest BCUT2D eigenvalue weighted by Crippen LogP contribution is 2.18. The van der Waals surface area contributed by atoms with Crippen LogP contribution in [0.4, 0.5) is 0 Å². The summed E-state index contributed by atoms with van der Waals surface area (Å²) in [6.45, 7) is 4.00. The van der Waals surface area contributed by atoms with Gasteiger partial charge in [-0.2, -0.15) is 0 Å². The van der Waals surface area contributed by atoms with Gasteiger partial charge in [-0.05, 0) is 55.1 Å². The van der Waals surface area contributed by atoms with E-state index in [2.05, 4.69) is 40.5 Å². The van der Waals surface area contributed by atoms with E-state index >= 15 is 0 Å². The van der Waals surface area contributed by atoms with Crippen molar-refractivity contribution in [2.24, 2.45) is 5.92 Å². The number of rotatable bonds is 6. The zero-order chi connectivity index (χ0) is 17.5. The molecule has 1 amide bonds. The Bertz CT molecular complexity index is 681. The molecule has 3 rings (SSSR count). The van der Waals surface area contributed by atoms with Gasteiger partial charge in [-0.3, -0.25) is 9.69 Å². The molecular weight excluding hydrogens is 332 g/mol. The minimum absolute atomic E-state index is 0.0778. The average Bonchev–Trinajstić information content (AvgIpc) is 2.62. The van der Waals surface area contributed by atoms with Gasteiger partial charge in [0.1, 0.15) is 0 Å². The van der Waals surface area contributed by atoms with Crippen LogP contribution in [-0.2, 0) is 17.8 Å². The molecule has 1 fully saturated rings. The van der Waals surface area contributed by atoms with Crippen molar-refractivity contribution in [1.29, 1.82) is 0 Å². The second kappa shape index (κ2) is 9.02. The average molecular weight is 357 g/mol. The van der Waals surface area contributed by atoms with Crippen LogP contribution in [0.1, 0.15) is 24.0 Å². The van der Waals surface area contributed by atoms with Crippen molar-refractivity contribution in [3.05, 3.63) is 70.7 Å². The van der Waals surface area contributed by atoms with Gasteiger partial charge in [0.25, 0.3) is 0 Å². The van der Waals surface area contributed by atoms with E-state index in [1.165, 1.54) is 5.56 Å². The number of piperidine rings is 1. The summed E-state index contributed by atoms with van der Waals surface area (Å²) in [5.74, 6) is 0.657. The van der Waals surface area contributed by atoms with Gasteiger partial charge in [0, 0.05) is 18.1 Å². The number of hydrogen-bond acceptors (Lipinski definition) is 2. The largest absolute Gasteiger partial charge is 0.356 e. The number of carbonyl (C=O) groups excluding carboxylic acids is 1. The molecule has 1 aliphatic rings. The molecule has 1 N–H and O–H groups in total. The zero-order valence-electron chi connectivity index (χ0n) is 14.5. The van der Waals surface area contributed by atoms with E-state index in [0.29, 0.717) is 17.4 Å². The van der Waals surface area contributed by atoms with Crippen LogP contribution in [0.25, 0.3) is 0 Å². The van der Waals surface area contributed by atoms with Crippen LogP contribution >= 0.6 is 11.6 Å². The maximum atomic E-state index is 12.1. The molecule has 4 heteroatoms. The third-order valence-corrected chi connectivity index (χ3v) is 5.03. The van der Waals surface area contributed by atoms with Crippen LogP contribution in [0.3, 0.4) is 0 Å². The van der Waals surface area contributed by atoms with Crippen molar-refractivity contribution in [2.45, 2.75) is 25.8 Å². The van der Waals surface area contributed by atoms with E-state index in [0.717, 1.165) is 44.6 Å². The molecule has 1 aliphatic heterocycles. The Morgan fingerprint density at radius 3 is 2.48 bits per heavy atom. The first-order valence-corrected chi connectivity index (χ1v) is 9.34. The van der Waals surface area contributed by atoms with Crippen LogP contribution in [-0.4, -0.2) is 30.4 Å². The fourth-order valence-corrected chi connectivity index (χ4v) is 3.56. The summed E-state index contributed by atoms with van der Waals surface area (Å²) >= 11 is 5.96. The van der Waals surface area contributed by atoms with E-state index < -0.39 is 0 Å². The van der Waals surface area contributed by atoms with Crippen LogP contribution in [0.15, 0.2) is 54.6 Å². The molecule has 25 heavy (non-hydrogen) atoms. The molecule has 1 saturated heterocycles. The van der Waals surface area contributed by atoms with E-state index in [4.69, 9.17) is 11.6 Å². The SMILES string of the molecule is O=C(Cc1cccc(Cl)c1)NCC1CCN(Cc2ccccc2)CC1. The van der Waals surface area contributed by atoms with Crippen molar-refractivity contribution >= 4 is 17.5 Å². The number of nitrogens with one attached hydrogen (secondary N) is 1. The Hall–Kier alpha value is -1.84. The van der Waals surface area contributed by atoms with Crippen molar-refractivity contribution in [2.75, 3.05) is 19.6 Å². The van der Waals surface area contributed by atoms with E-state index in [-0.39, 0.29) is 5.91 Å². The Balaban J connectivity index is 1.37. The summed E-state index contributed by atoms with van der Waals surface area (Å²) in [4.78, 5) is 14.6. The minimum Gasteiger partial charge on any atom is -0.356 e. The van der Waals surface area contributed by atoms with Crippen LogP contribution in [0.2, 0.25) is 5.02 Å². The quantitative estimate of drug-likeness (QED) is 0.851. The molecule has 0 unspecified atom stereocenters.